The van der Waals surface area contributed by atoms with Gasteiger partial charge in [-0.05, 0) is 11.8 Å². The molecule has 0 aliphatic heterocycles. The van der Waals surface area contributed by atoms with Crippen LogP contribution in [0.5, 0.6) is 0 Å². The van der Waals surface area contributed by atoms with Crippen molar-refractivity contribution in [3.63, 3.8) is 0 Å². The largest absolute Gasteiger partial charge is 0.391 e. The highest BCUT2D eigenvalue weighted by atomic mass is 16.3. The van der Waals surface area contributed by atoms with Crippen molar-refractivity contribution in [3.8, 4) is 0 Å². The number of nitrogens with zero attached hydrogens (tertiary/aromatic N) is 3. The van der Waals surface area contributed by atoms with Gasteiger partial charge in [-0.3, -0.25) is 10.5 Å². The van der Waals surface area contributed by atoms with Crippen LogP contribution in [0.2, 0.25) is 0 Å². The summed E-state index contributed by atoms with van der Waals surface area (Å²) >= 11 is 0. The van der Waals surface area contributed by atoms with E-state index < -0.39 is 6.10 Å². The molecule has 0 saturated carbocycles. The van der Waals surface area contributed by atoms with Crippen LogP contribution in [0.25, 0.3) is 11.0 Å². The number of hydrazine groups is 1. The average Bonchev–Trinajstić information content (AvgIpc) is 2.81. The number of aliphatic hydroxyl groups excluding tert-OH is 1. The van der Waals surface area contributed by atoms with Crippen LogP contribution in [0.1, 0.15) is 27.2 Å². The Morgan fingerprint density at radius 3 is 2.80 bits per heavy atom. The second kappa shape index (κ2) is 5.59. The maximum Gasteiger partial charge on any atom is 0.241 e. The Labute approximate surface area is 117 Å². The monoisotopic (exact) mass is 279 g/mol. The van der Waals surface area contributed by atoms with Gasteiger partial charge in [-0.15, -0.1) is 0 Å². The van der Waals surface area contributed by atoms with Gasteiger partial charge < -0.3 is 10.4 Å². The quantitative estimate of drug-likeness (QED) is 0.406. The number of aliphatic hydroxyl groups is 1. The number of anilines is 2. The summed E-state index contributed by atoms with van der Waals surface area (Å²) in [6.45, 7) is 6.67. The molecular formula is C12H21N7O. The minimum Gasteiger partial charge on any atom is -0.391 e. The molecule has 1 unspecified atom stereocenters. The number of nitrogens with one attached hydrogen (secondary N) is 3. The Balaban J connectivity index is 2.11. The summed E-state index contributed by atoms with van der Waals surface area (Å²) in [7, 11) is 0. The van der Waals surface area contributed by atoms with Crippen LogP contribution in [0.15, 0.2) is 6.20 Å². The third-order valence-electron chi connectivity index (χ3n) is 2.79. The first-order valence-electron chi connectivity index (χ1n) is 6.49. The molecule has 8 heteroatoms. The Kier molecular flexibility index (Phi) is 4.05. The van der Waals surface area contributed by atoms with E-state index in [0.29, 0.717) is 24.4 Å². The Hall–Kier alpha value is -1.93. The molecule has 2 rings (SSSR count). The van der Waals surface area contributed by atoms with Crippen molar-refractivity contribution in [3.05, 3.63) is 6.20 Å². The average molecular weight is 279 g/mol. The van der Waals surface area contributed by atoms with Crippen LogP contribution >= 0.6 is 0 Å². The molecule has 110 valence electrons. The van der Waals surface area contributed by atoms with Crippen LogP contribution in [0, 0.1) is 5.41 Å². The van der Waals surface area contributed by atoms with Crippen molar-refractivity contribution < 1.29 is 5.11 Å². The molecule has 2 aromatic heterocycles. The second-order valence-electron chi connectivity index (χ2n) is 5.97. The minimum absolute atomic E-state index is 0.0711. The number of H-pyrrole nitrogens is 1. The van der Waals surface area contributed by atoms with Gasteiger partial charge in [-0.25, -0.2) is 5.84 Å². The van der Waals surface area contributed by atoms with Gasteiger partial charge in [0.2, 0.25) is 5.95 Å². The molecule has 0 amide bonds. The molecule has 8 nitrogen and oxygen atoms in total. The summed E-state index contributed by atoms with van der Waals surface area (Å²) in [4.78, 5) is 8.36. The molecule has 0 bridgehead atoms. The SMILES string of the molecule is CC(C)(C)CC(O)CNc1nc(NN)nc2[nH]ncc12. The van der Waals surface area contributed by atoms with Gasteiger partial charge >= 0.3 is 0 Å². The lowest BCUT2D eigenvalue weighted by atomic mass is 9.89. The lowest BCUT2D eigenvalue weighted by Crippen LogP contribution is -2.25. The summed E-state index contributed by atoms with van der Waals surface area (Å²) < 4.78 is 0. The summed E-state index contributed by atoms with van der Waals surface area (Å²) in [5.41, 5.74) is 3.06. The van der Waals surface area contributed by atoms with Crippen LogP contribution in [-0.4, -0.2) is 37.9 Å². The lowest BCUT2D eigenvalue weighted by molar-refractivity contribution is 0.132. The van der Waals surface area contributed by atoms with Gasteiger partial charge in [-0.1, -0.05) is 20.8 Å². The number of nitrogens with two attached hydrogens (primary N) is 1. The molecule has 0 fully saturated rings. The number of rotatable bonds is 5. The number of hydrogen-bond acceptors (Lipinski definition) is 7. The van der Waals surface area contributed by atoms with Gasteiger partial charge in [0.15, 0.2) is 5.65 Å². The van der Waals surface area contributed by atoms with Gasteiger partial charge in [-0.2, -0.15) is 15.1 Å². The molecule has 2 heterocycles. The van der Waals surface area contributed by atoms with Crippen molar-refractivity contribution in [2.24, 2.45) is 11.3 Å². The molecule has 0 aliphatic carbocycles. The first-order valence-corrected chi connectivity index (χ1v) is 6.49. The first kappa shape index (κ1) is 14.5. The van der Waals surface area contributed by atoms with E-state index in [1.807, 2.05) is 0 Å². The van der Waals surface area contributed by atoms with Crippen molar-refractivity contribution in [2.75, 3.05) is 17.3 Å². The zero-order valence-corrected chi connectivity index (χ0v) is 11.9. The van der Waals surface area contributed by atoms with E-state index in [0.717, 1.165) is 5.39 Å². The molecule has 0 saturated heterocycles. The fourth-order valence-electron chi connectivity index (χ4n) is 2.03. The molecule has 6 N–H and O–H groups in total. The summed E-state index contributed by atoms with van der Waals surface area (Å²) in [5.74, 6) is 6.21. The fourth-order valence-corrected chi connectivity index (χ4v) is 2.03. The lowest BCUT2D eigenvalue weighted by Gasteiger charge is -2.22. The summed E-state index contributed by atoms with van der Waals surface area (Å²) in [6.07, 6.45) is 1.87. The molecular weight excluding hydrogens is 258 g/mol. The van der Waals surface area contributed by atoms with Gasteiger partial charge in [0.25, 0.3) is 0 Å². The van der Waals surface area contributed by atoms with E-state index in [-0.39, 0.29) is 11.4 Å². The highest BCUT2D eigenvalue weighted by Crippen LogP contribution is 2.22. The molecule has 1 atom stereocenters. The fraction of sp³-hybridized carbons (Fsp3) is 0.583. The van der Waals surface area contributed by atoms with E-state index in [1.54, 1.807) is 6.20 Å². The number of aromatic amines is 1. The van der Waals surface area contributed by atoms with Crippen LogP contribution in [0.3, 0.4) is 0 Å². The van der Waals surface area contributed by atoms with E-state index in [2.05, 4.69) is 51.7 Å². The Morgan fingerprint density at radius 1 is 1.40 bits per heavy atom. The van der Waals surface area contributed by atoms with Gasteiger partial charge in [0.1, 0.15) is 5.82 Å². The van der Waals surface area contributed by atoms with Crippen LogP contribution in [0.4, 0.5) is 11.8 Å². The number of fused-ring (bicyclic) bond motifs is 1. The van der Waals surface area contributed by atoms with E-state index >= 15 is 0 Å². The van der Waals surface area contributed by atoms with Gasteiger partial charge in [0, 0.05) is 6.54 Å². The number of aromatic nitrogens is 4. The Bertz CT molecular complexity index is 575. The highest BCUT2D eigenvalue weighted by molar-refractivity contribution is 5.86. The number of hydrogen-bond donors (Lipinski definition) is 5. The van der Waals surface area contributed by atoms with Crippen molar-refractivity contribution >= 4 is 22.8 Å². The van der Waals surface area contributed by atoms with E-state index in [9.17, 15) is 5.11 Å². The van der Waals surface area contributed by atoms with E-state index in [1.165, 1.54) is 0 Å². The molecule has 20 heavy (non-hydrogen) atoms. The summed E-state index contributed by atoms with van der Waals surface area (Å²) in [5, 5.41) is 20.6. The standard InChI is InChI=1S/C12H21N7O/c1-12(2,3)4-7(20)5-14-9-8-6-15-19-10(8)17-11(16-9)18-13/h6-7,20H,4-5,13H2,1-3H3,(H3,14,15,16,17,18,19). The summed E-state index contributed by atoms with van der Waals surface area (Å²) in [6, 6.07) is 0. The molecule has 0 radical (unpaired) electrons. The highest BCUT2D eigenvalue weighted by Gasteiger charge is 2.17. The van der Waals surface area contributed by atoms with Crippen LogP contribution < -0.4 is 16.6 Å². The van der Waals surface area contributed by atoms with Crippen molar-refractivity contribution in [1.82, 2.24) is 20.2 Å². The molecule has 0 aromatic carbocycles. The predicted octanol–water partition coefficient (Wildman–Crippen LogP) is 0.848. The van der Waals surface area contributed by atoms with Crippen LogP contribution in [-0.2, 0) is 0 Å². The second-order valence-corrected chi connectivity index (χ2v) is 5.97. The van der Waals surface area contributed by atoms with Gasteiger partial charge in [0.05, 0.1) is 17.7 Å². The third kappa shape index (κ3) is 3.55. The maximum absolute atomic E-state index is 10.0. The number of nitrogen functional groups attached to an aromatic ring is 1. The zero-order valence-electron chi connectivity index (χ0n) is 11.9. The topological polar surface area (TPSA) is 125 Å². The molecule has 0 spiro atoms. The zero-order chi connectivity index (χ0) is 14.8. The molecule has 0 aliphatic rings. The van der Waals surface area contributed by atoms with E-state index in [4.69, 9.17) is 5.84 Å². The van der Waals surface area contributed by atoms with Crippen molar-refractivity contribution in [1.29, 1.82) is 0 Å². The third-order valence-corrected chi connectivity index (χ3v) is 2.79. The smallest absolute Gasteiger partial charge is 0.241 e. The predicted molar refractivity (Wildman–Crippen MR) is 78.1 cm³/mol. The minimum atomic E-state index is -0.457. The maximum atomic E-state index is 10.0. The Morgan fingerprint density at radius 2 is 2.15 bits per heavy atom. The molecule has 2 aromatic rings. The van der Waals surface area contributed by atoms with Crippen molar-refractivity contribution in [2.45, 2.75) is 33.3 Å². The normalized spacial score (nSPS) is 13.4. The first-order chi connectivity index (χ1) is 9.39.